The van der Waals surface area contributed by atoms with Crippen LogP contribution in [-0.4, -0.2) is 25.3 Å². The summed E-state index contributed by atoms with van der Waals surface area (Å²) in [5.74, 6) is 0.555. The fourth-order valence-electron chi connectivity index (χ4n) is 2.10. The van der Waals surface area contributed by atoms with Crippen molar-refractivity contribution in [1.82, 2.24) is 0 Å². The Hall–Kier alpha value is -1.19. The Kier molecular flexibility index (Phi) is 5.11. The molecule has 0 bridgehead atoms. The van der Waals surface area contributed by atoms with Gasteiger partial charge in [-0.15, -0.1) is 0 Å². The Morgan fingerprint density at radius 1 is 1.05 bits per heavy atom. The lowest BCUT2D eigenvalue weighted by Gasteiger charge is -2.23. The molecule has 0 amide bonds. The van der Waals surface area contributed by atoms with Crippen molar-refractivity contribution in [3.05, 3.63) is 12.5 Å². The molecule has 2 saturated heterocycles. The molecule has 20 heavy (non-hydrogen) atoms. The minimum absolute atomic E-state index is 0.0208. The van der Waals surface area contributed by atoms with Crippen molar-refractivity contribution < 1.29 is 19.0 Å². The molecule has 4 heteroatoms. The first-order valence-corrected chi connectivity index (χ1v) is 7.17. The Labute approximate surface area is 122 Å². The van der Waals surface area contributed by atoms with Crippen molar-refractivity contribution >= 4 is 5.97 Å². The van der Waals surface area contributed by atoms with Gasteiger partial charge in [0.2, 0.25) is 0 Å². The molecule has 2 aliphatic heterocycles. The van der Waals surface area contributed by atoms with Gasteiger partial charge in [0.1, 0.15) is 12.7 Å². The molecule has 0 spiro atoms. The van der Waals surface area contributed by atoms with Crippen LogP contribution in [-0.2, 0) is 19.0 Å². The highest BCUT2D eigenvalue weighted by atomic mass is 16.7. The highest BCUT2D eigenvalue weighted by molar-refractivity contribution is 5.74. The summed E-state index contributed by atoms with van der Waals surface area (Å²) in [5.41, 5.74) is 0.229. The first-order valence-electron chi connectivity index (χ1n) is 7.17. The summed E-state index contributed by atoms with van der Waals surface area (Å²) in [4.78, 5) is 11.0. The highest BCUT2D eigenvalue weighted by Crippen LogP contribution is 2.33. The van der Waals surface area contributed by atoms with Crippen LogP contribution in [0.3, 0.4) is 0 Å². The number of rotatable bonds is 0. The van der Waals surface area contributed by atoms with Gasteiger partial charge < -0.3 is 14.2 Å². The van der Waals surface area contributed by atoms with Gasteiger partial charge in [0, 0.05) is 5.41 Å². The predicted molar refractivity (Wildman–Crippen MR) is 77.9 cm³/mol. The molecule has 2 aliphatic rings. The van der Waals surface area contributed by atoms with E-state index in [4.69, 9.17) is 14.2 Å². The second-order valence-electron chi connectivity index (χ2n) is 7.53. The molecule has 0 aromatic heterocycles. The molecule has 2 rings (SSSR count). The van der Waals surface area contributed by atoms with Crippen LogP contribution in [0.5, 0.6) is 0 Å². The summed E-state index contributed by atoms with van der Waals surface area (Å²) in [7, 11) is 0. The molecule has 0 aliphatic carbocycles. The molecular formula is C16H28O4. The van der Waals surface area contributed by atoms with E-state index in [0.29, 0.717) is 19.2 Å². The van der Waals surface area contributed by atoms with Gasteiger partial charge in [-0.25, -0.2) is 0 Å². The number of esters is 1. The molecule has 0 saturated carbocycles. The zero-order valence-corrected chi connectivity index (χ0v) is 13.6. The predicted octanol–water partition coefficient (Wildman–Crippen LogP) is 3.51. The van der Waals surface area contributed by atoms with Crippen molar-refractivity contribution in [3.63, 3.8) is 0 Å². The molecular weight excluding hydrogens is 256 g/mol. The molecule has 2 fully saturated rings. The molecule has 0 aromatic carbocycles. The average molecular weight is 284 g/mol. The van der Waals surface area contributed by atoms with Gasteiger partial charge in [-0.1, -0.05) is 41.5 Å². The quantitative estimate of drug-likeness (QED) is 0.638. The lowest BCUT2D eigenvalue weighted by Crippen LogP contribution is -2.27. The first-order chi connectivity index (χ1) is 9.01. The molecule has 116 valence electrons. The maximum atomic E-state index is 11.0. The summed E-state index contributed by atoms with van der Waals surface area (Å²) >= 11 is 0. The monoisotopic (exact) mass is 284 g/mol. The second-order valence-corrected chi connectivity index (χ2v) is 7.53. The molecule has 2 atom stereocenters. The number of carbonyl (C=O) groups is 1. The molecule has 0 N–H and O–H groups in total. The normalized spacial score (nSPS) is 26.3. The van der Waals surface area contributed by atoms with Crippen molar-refractivity contribution in [2.24, 2.45) is 16.7 Å². The van der Waals surface area contributed by atoms with Crippen molar-refractivity contribution in [1.29, 1.82) is 0 Å². The van der Waals surface area contributed by atoms with Gasteiger partial charge >= 0.3 is 5.97 Å². The van der Waals surface area contributed by atoms with E-state index in [2.05, 4.69) is 48.1 Å². The number of hydrogen-bond acceptors (Lipinski definition) is 4. The summed E-state index contributed by atoms with van der Waals surface area (Å²) in [6.45, 7) is 17.4. The van der Waals surface area contributed by atoms with Crippen LogP contribution in [0.2, 0.25) is 0 Å². The zero-order chi connectivity index (χ0) is 15.6. The van der Waals surface area contributed by atoms with Gasteiger partial charge in [-0.2, -0.15) is 0 Å². The molecule has 2 unspecified atom stereocenters. The van der Waals surface area contributed by atoms with E-state index in [0.717, 1.165) is 6.42 Å². The maximum Gasteiger partial charge on any atom is 0.309 e. The molecule has 2 heterocycles. The second kappa shape index (κ2) is 6.06. The van der Waals surface area contributed by atoms with Gasteiger partial charge in [0.15, 0.2) is 0 Å². The average Bonchev–Trinajstić information content (AvgIpc) is 2.85. The van der Waals surface area contributed by atoms with Crippen LogP contribution in [0.15, 0.2) is 12.5 Å². The van der Waals surface area contributed by atoms with E-state index < -0.39 is 0 Å². The van der Waals surface area contributed by atoms with Crippen LogP contribution >= 0.6 is 0 Å². The Balaban J connectivity index is 0.000000200. The van der Waals surface area contributed by atoms with E-state index in [1.165, 1.54) is 0 Å². The van der Waals surface area contributed by atoms with Crippen molar-refractivity contribution in [2.75, 3.05) is 13.2 Å². The summed E-state index contributed by atoms with van der Waals surface area (Å²) in [6, 6.07) is 0. The highest BCUT2D eigenvalue weighted by Gasteiger charge is 2.36. The standard InChI is InChI=1S/2C8H14O2/c1-6-9-5-7(10-6)8(2,3)4;1-8(2,3)6-4-5-10-7(6)9/h7H,1,5H2,2-4H3;6H,4-5H2,1-3H3. The van der Waals surface area contributed by atoms with Crippen LogP contribution in [0, 0.1) is 16.7 Å². The third-order valence-electron chi connectivity index (χ3n) is 3.62. The SMILES string of the molecule is C=C1OCC(C(C)(C)C)O1.CC(C)(C)C1CCOC1=O. The van der Waals surface area contributed by atoms with Crippen LogP contribution in [0.4, 0.5) is 0 Å². The molecule has 4 nitrogen and oxygen atoms in total. The minimum Gasteiger partial charge on any atom is -0.465 e. The van der Waals surface area contributed by atoms with Gasteiger partial charge in [-0.3, -0.25) is 4.79 Å². The van der Waals surface area contributed by atoms with Gasteiger partial charge in [-0.05, 0) is 18.4 Å². The Morgan fingerprint density at radius 3 is 1.85 bits per heavy atom. The summed E-state index contributed by atoms with van der Waals surface area (Å²) in [5, 5.41) is 0. The van der Waals surface area contributed by atoms with E-state index >= 15 is 0 Å². The van der Waals surface area contributed by atoms with Gasteiger partial charge in [0.25, 0.3) is 5.95 Å². The third kappa shape index (κ3) is 4.73. The fraction of sp³-hybridized carbons (Fsp3) is 0.812. The van der Waals surface area contributed by atoms with E-state index in [1.807, 2.05) is 0 Å². The number of cyclic esters (lactones) is 1. The number of ether oxygens (including phenoxy) is 3. The Morgan fingerprint density at radius 2 is 1.65 bits per heavy atom. The molecule has 0 aromatic rings. The van der Waals surface area contributed by atoms with Crippen LogP contribution in [0.1, 0.15) is 48.0 Å². The first kappa shape index (κ1) is 16.9. The Bertz CT molecular complexity index is 360. The topological polar surface area (TPSA) is 44.8 Å². The zero-order valence-electron chi connectivity index (χ0n) is 13.6. The van der Waals surface area contributed by atoms with Crippen molar-refractivity contribution in [2.45, 2.75) is 54.1 Å². The smallest absolute Gasteiger partial charge is 0.309 e. The minimum atomic E-state index is -0.0208. The fourth-order valence-corrected chi connectivity index (χ4v) is 2.10. The van der Waals surface area contributed by atoms with E-state index in [9.17, 15) is 4.79 Å². The van der Waals surface area contributed by atoms with Gasteiger partial charge in [0.05, 0.1) is 12.5 Å². The third-order valence-corrected chi connectivity index (χ3v) is 3.62. The van der Waals surface area contributed by atoms with Crippen LogP contribution in [0.25, 0.3) is 0 Å². The lowest BCUT2D eigenvalue weighted by molar-refractivity contribution is -0.143. The maximum absolute atomic E-state index is 11.0. The van der Waals surface area contributed by atoms with Crippen molar-refractivity contribution in [3.8, 4) is 0 Å². The lowest BCUT2D eigenvalue weighted by atomic mass is 9.80. The summed E-state index contributed by atoms with van der Waals surface area (Å²) < 4.78 is 15.2. The van der Waals surface area contributed by atoms with E-state index in [1.54, 1.807) is 0 Å². The van der Waals surface area contributed by atoms with E-state index in [-0.39, 0.29) is 28.8 Å². The van der Waals surface area contributed by atoms with Crippen LogP contribution < -0.4 is 0 Å². The molecule has 0 radical (unpaired) electrons. The summed E-state index contributed by atoms with van der Waals surface area (Å²) in [6.07, 6.45) is 1.06. The largest absolute Gasteiger partial charge is 0.465 e. The number of hydrogen-bond donors (Lipinski definition) is 0. The number of carbonyl (C=O) groups excluding carboxylic acids is 1.